The van der Waals surface area contributed by atoms with E-state index in [0.717, 1.165) is 12.0 Å². The van der Waals surface area contributed by atoms with Crippen LogP contribution in [-0.2, 0) is 0 Å². The standard InChI is InChI=1S/C10H15NO/c1-2-9(11)10(12)8-6-4-3-5-7-8/h3-7,9-10,12H,2,11H2,1H3/t9-,10+/m0/s1. The van der Waals surface area contributed by atoms with Crippen LogP contribution in [0, 0.1) is 0 Å². The van der Waals surface area contributed by atoms with Gasteiger partial charge in [-0.3, -0.25) is 0 Å². The topological polar surface area (TPSA) is 46.2 Å². The van der Waals surface area contributed by atoms with Crippen molar-refractivity contribution in [3.63, 3.8) is 0 Å². The van der Waals surface area contributed by atoms with Gasteiger partial charge in [-0.1, -0.05) is 37.3 Å². The number of hydrogen-bond donors (Lipinski definition) is 2. The van der Waals surface area contributed by atoms with Crippen LogP contribution in [0.5, 0.6) is 0 Å². The van der Waals surface area contributed by atoms with Gasteiger partial charge in [-0.05, 0) is 12.0 Å². The molecule has 0 heterocycles. The number of nitrogens with two attached hydrogens (primary N) is 1. The van der Waals surface area contributed by atoms with Gasteiger partial charge in [0.25, 0.3) is 0 Å². The summed E-state index contributed by atoms with van der Waals surface area (Å²) in [6.45, 7) is 1.97. The SMILES string of the molecule is CC[C@H](N)[C@H](O)c1ccccc1. The quantitative estimate of drug-likeness (QED) is 0.712. The van der Waals surface area contributed by atoms with E-state index < -0.39 is 6.10 Å². The van der Waals surface area contributed by atoms with Gasteiger partial charge in [-0.15, -0.1) is 0 Å². The Bertz CT molecular complexity index is 223. The molecule has 0 aliphatic heterocycles. The lowest BCUT2D eigenvalue weighted by Gasteiger charge is -2.16. The molecule has 0 aromatic heterocycles. The Hall–Kier alpha value is -0.860. The fourth-order valence-corrected chi connectivity index (χ4v) is 1.12. The van der Waals surface area contributed by atoms with Gasteiger partial charge in [0.15, 0.2) is 0 Å². The number of aliphatic hydroxyl groups excluding tert-OH is 1. The first-order chi connectivity index (χ1) is 5.75. The molecule has 1 aromatic rings. The van der Waals surface area contributed by atoms with Gasteiger partial charge >= 0.3 is 0 Å². The third-order valence-corrected chi connectivity index (χ3v) is 2.02. The summed E-state index contributed by atoms with van der Waals surface area (Å²) in [5, 5.41) is 9.66. The Labute approximate surface area is 73.0 Å². The summed E-state index contributed by atoms with van der Waals surface area (Å²) in [5.74, 6) is 0. The smallest absolute Gasteiger partial charge is 0.0940 e. The van der Waals surface area contributed by atoms with Crippen LogP contribution in [0.2, 0.25) is 0 Å². The van der Waals surface area contributed by atoms with Gasteiger partial charge in [-0.2, -0.15) is 0 Å². The first-order valence-electron chi connectivity index (χ1n) is 4.24. The fourth-order valence-electron chi connectivity index (χ4n) is 1.12. The summed E-state index contributed by atoms with van der Waals surface area (Å²) in [7, 11) is 0. The zero-order valence-electron chi connectivity index (χ0n) is 7.27. The van der Waals surface area contributed by atoms with Crippen molar-refractivity contribution in [3.8, 4) is 0 Å². The maximum absolute atomic E-state index is 9.66. The largest absolute Gasteiger partial charge is 0.387 e. The van der Waals surface area contributed by atoms with E-state index in [0.29, 0.717) is 0 Å². The fraction of sp³-hybridized carbons (Fsp3) is 0.400. The summed E-state index contributed by atoms with van der Waals surface area (Å²) in [4.78, 5) is 0. The van der Waals surface area contributed by atoms with Crippen LogP contribution in [0.4, 0.5) is 0 Å². The van der Waals surface area contributed by atoms with E-state index in [9.17, 15) is 5.11 Å². The molecule has 0 bridgehead atoms. The molecule has 0 saturated carbocycles. The Balaban J connectivity index is 2.71. The number of aliphatic hydroxyl groups is 1. The molecule has 0 spiro atoms. The normalized spacial score (nSPS) is 15.6. The highest BCUT2D eigenvalue weighted by Gasteiger charge is 2.13. The van der Waals surface area contributed by atoms with Crippen LogP contribution in [0.3, 0.4) is 0 Å². The molecule has 66 valence electrons. The van der Waals surface area contributed by atoms with Crippen molar-refractivity contribution in [2.75, 3.05) is 0 Å². The van der Waals surface area contributed by atoms with E-state index in [2.05, 4.69) is 0 Å². The van der Waals surface area contributed by atoms with Crippen molar-refractivity contribution in [2.24, 2.45) is 5.73 Å². The van der Waals surface area contributed by atoms with Crippen LogP contribution in [0.1, 0.15) is 25.0 Å². The lowest BCUT2D eigenvalue weighted by molar-refractivity contribution is 0.144. The molecule has 0 aliphatic rings. The Morgan fingerprint density at radius 1 is 1.33 bits per heavy atom. The predicted octanol–water partition coefficient (Wildman–Crippen LogP) is 1.46. The molecule has 3 N–H and O–H groups in total. The van der Waals surface area contributed by atoms with Crippen molar-refractivity contribution in [3.05, 3.63) is 35.9 Å². The third kappa shape index (κ3) is 2.06. The van der Waals surface area contributed by atoms with Crippen molar-refractivity contribution in [1.82, 2.24) is 0 Å². The molecule has 0 radical (unpaired) electrons. The highest BCUT2D eigenvalue weighted by molar-refractivity contribution is 5.18. The van der Waals surface area contributed by atoms with Crippen molar-refractivity contribution in [2.45, 2.75) is 25.5 Å². The number of benzene rings is 1. The summed E-state index contributed by atoms with van der Waals surface area (Å²) in [5.41, 5.74) is 6.59. The molecule has 0 aliphatic carbocycles. The molecule has 0 unspecified atom stereocenters. The molecule has 12 heavy (non-hydrogen) atoms. The van der Waals surface area contributed by atoms with Crippen molar-refractivity contribution >= 4 is 0 Å². The molecular weight excluding hydrogens is 150 g/mol. The van der Waals surface area contributed by atoms with Crippen LogP contribution in [0.15, 0.2) is 30.3 Å². The van der Waals surface area contributed by atoms with Gasteiger partial charge in [-0.25, -0.2) is 0 Å². The monoisotopic (exact) mass is 165 g/mol. The molecule has 2 nitrogen and oxygen atoms in total. The Kier molecular flexibility index (Phi) is 3.26. The molecule has 1 aromatic carbocycles. The molecule has 0 fully saturated rings. The number of hydrogen-bond acceptors (Lipinski definition) is 2. The second kappa shape index (κ2) is 4.24. The van der Waals surface area contributed by atoms with E-state index in [1.165, 1.54) is 0 Å². The maximum atomic E-state index is 9.66. The van der Waals surface area contributed by atoms with Gasteiger partial charge < -0.3 is 10.8 Å². The van der Waals surface area contributed by atoms with Crippen LogP contribution in [-0.4, -0.2) is 11.1 Å². The summed E-state index contributed by atoms with van der Waals surface area (Å²) < 4.78 is 0. The van der Waals surface area contributed by atoms with E-state index in [1.807, 2.05) is 37.3 Å². The molecule has 0 amide bonds. The van der Waals surface area contributed by atoms with Gasteiger partial charge in [0.1, 0.15) is 0 Å². The zero-order valence-corrected chi connectivity index (χ0v) is 7.27. The molecule has 2 heteroatoms. The first kappa shape index (κ1) is 9.23. The highest BCUT2D eigenvalue weighted by atomic mass is 16.3. The third-order valence-electron chi connectivity index (χ3n) is 2.02. The summed E-state index contributed by atoms with van der Waals surface area (Å²) in [6, 6.07) is 9.35. The lowest BCUT2D eigenvalue weighted by atomic mass is 10.0. The van der Waals surface area contributed by atoms with Crippen molar-refractivity contribution < 1.29 is 5.11 Å². The predicted molar refractivity (Wildman–Crippen MR) is 49.7 cm³/mol. The van der Waals surface area contributed by atoms with E-state index in [-0.39, 0.29) is 6.04 Å². The van der Waals surface area contributed by atoms with Gasteiger partial charge in [0.05, 0.1) is 6.10 Å². The Morgan fingerprint density at radius 3 is 2.42 bits per heavy atom. The second-order valence-corrected chi connectivity index (χ2v) is 2.93. The molecule has 1 rings (SSSR count). The minimum absolute atomic E-state index is 0.160. The second-order valence-electron chi connectivity index (χ2n) is 2.93. The van der Waals surface area contributed by atoms with Gasteiger partial charge in [0.2, 0.25) is 0 Å². The average Bonchev–Trinajstić information content (AvgIpc) is 2.17. The zero-order chi connectivity index (χ0) is 8.97. The van der Waals surface area contributed by atoms with E-state index >= 15 is 0 Å². The maximum Gasteiger partial charge on any atom is 0.0940 e. The minimum Gasteiger partial charge on any atom is -0.387 e. The average molecular weight is 165 g/mol. The van der Waals surface area contributed by atoms with E-state index in [1.54, 1.807) is 0 Å². The van der Waals surface area contributed by atoms with Crippen LogP contribution in [0.25, 0.3) is 0 Å². The highest BCUT2D eigenvalue weighted by Crippen LogP contribution is 2.16. The minimum atomic E-state index is -0.531. The Morgan fingerprint density at radius 2 is 1.92 bits per heavy atom. The summed E-state index contributed by atoms with van der Waals surface area (Å²) >= 11 is 0. The van der Waals surface area contributed by atoms with E-state index in [4.69, 9.17) is 5.73 Å². The van der Waals surface area contributed by atoms with Gasteiger partial charge in [0, 0.05) is 6.04 Å². The van der Waals surface area contributed by atoms with Crippen molar-refractivity contribution in [1.29, 1.82) is 0 Å². The van der Waals surface area contributed by atoms with Crippen LogP contribution >= 0.6 is 0 Å². The molecule has 0 saturated heterocycles. The molecular formula is C10H15NO. The molecule has 2 atom stereocenters. The summed E-state index contributed by atoms with van der Waals surface area (Å²) in [6.07, 6.45) is 0.256. The number of rotatable bonds is 3. The lowest BCUT2D eigenvalue weighted by Crippen LogP contribution is -2.27. The first-order valence-corrected chi connectivity index (χ1v) is 4.24. The van der Waals surface area contributed by atoms with Crippen LogP contribution < -0.4 is 5.73 Å².